The normalized spacial score (nSPS) is 11.8. The van der Waals surface area contributed by atoms with Crippen LogP contribution in [0, 0.1) is 0 Å². The fraction of sp³-hybridized carbons (Fsp3) is 1.00. The maximum Gasteiger partial charge on any atom is 0.397 e. The molecule has 0 aromatic heterocycles. The van der Waals surface area contributed by atoms with Gasteiger partial charge >= 0.3 is 20.8 Å². The van der Waals surface area contributed by atoms with E-state index >= 15 is 0 Å². The molecule has 0 saturated heterocycles. The lowest BCUT2D eigenvalue weighted by Gasteiger charge is -2.27. The van der Waals surface area contributed by atoms with Crippen LogP contribution in [0.1, 0.15) is 27.2 Å². The zero-order valence-electron chi connectivity index (χ0n) is 12.5. The zero-order chi connectivity index (χ0) is 17.0. The van der Waals surface area contributed by atoms with E-state index in [-0.39, 0.29) is 6.61 Å². The Morgan fingerprint density at radius 1 is 0.950 bits per heavy atom. The second-order valence-electron chi connectivity index (χ2n) is 4.26. The SMILES string of the molecule is CCC[N+](C)(C)CC.CCOS(=O)(=O)O.O=S(=O)(O)O. The molecule has 0 aliphatic carbocycles. The molecule has 0 radical (unpaired) electrons. The number of hydrogen-bond acceptors (Lipinski definition) is 5. The standard InChI is InChI=1S/C7H18N.C2H6O4S.H2O4S/c1-5-7-8(3,4)6-2;1-2-6-7(3,4)5;1-5(2,3)4/h5-7H2,1-4H3;2H2,1H3,(H,3,4,5);(H2,1,2,3,4)/q+1;;. The summed E-state index contributed by atoms with van der Waals surface area (Å²) in [7, 11) is -4.31. The van der Waals surface area contributed by atoms with Crippen LogP contribution in [0.2, 0.25) is 0 Å². The van der Waals surface area contributed by atoms with Crippen molar-refractivity contribution in [1.29, 1.82) is 0 Å². The summed E-state index contributed by atoms with van der Waals surface area (Å²) in [6.07, 6.45) is 1.29. The predicted octanol–water partition coefficient (Wildman–Crippen LogP) is 0.666. The minimum atomic E-state index is -4.67. The van der Waals surface area contributed by atoms with Crippen LogP contribution in [0.15, 0.2) is 0 Å². The van der Waals surface area contributed by atoms with Gasteiger partial charge in [0.2, 0.25) is 0 Å². The second kappa shape index (κ2) is 11.4. The van der Waals surface area contributed by atoms with E-state index in [2.05, 4.69) is 32.1 Å². The lowest BCUT2D eigenvalue weighted by Crippen LogP contribution is -2.39. The monoisotopic (exact) mass is 340 g/mol. The Morgan fingerprint density at radius 3 is 1.35 bits per heavy atom. The smallest absolute Gasteiger partial charge is 0.329 e. The summed E-state index contributed by atoms with van der Waals surface area (Å²) < 4.78 is 63.4. The van der Waals surface area contributed by atoms with Gasteiger partial charge in [0.15, 0.2) is 0 Å². The Kier molecular flexibility index (Phi) is 14.0. The molecule has 9 nitrogen and oxygen atoms in total. The topological polar surface area (TPSA) is 138 Å². The number of rotatable bonds is 5. The molecule has 0 unspecified atom stereocenters. The molecule has 11 heteroatoms. The molecule has 0 bridgehead atoms. The Hall–Kier alpha value is -0.300. The fourth-order valence-corrected chi connectivity index (χ4v) is 1.21. The van der Waals surface area contributed by atoms with E-state index in [0.29, 0.717) is 0 Å². The van der Waals surface area contributed by atoms with E-state index < -0.39 is 20.8 Å². The molecule has 0 heterocycles. The summed E-state index contributed by atoms with van der Waals surface area (Å²) in [6.45, 7) is 8.45. The van der Waals surface area contributed by atoms with Gasteiger partial charge in [-0.1, -0.05) is 6.92 Å². The summed E-state index contributed by atoms with van der Waals surface area (Å²) in [5.74, 6) is 0. The molecular weight excluding hydrogens is 314 g/mol. The summed E-state index contributed by atoms with van der Waals surface area (Å²) in [4.78, 5) is 0. The van der Waals surface area contributed by atoms with E-state index in [1.165, 1.54) is 26.4 Å². The van der Waals surface area contributed by atoms with E-state index in [0.717, 1.165) is 4.48 Å². The Morgan fingerprint density at radius 2 is 1.30 bits per heavy atom. The lowest BCUT2D eigenvalue weighted by molar-refractivity contribution is -0.888. The van der Waals surface area contributed by atoms with Crippen molar-refractivity contribution in [3.05, 3.63) is 0 Å². The molecule has 20 heavy (non-hydrogen) atoms. The molecule has 0 aliphatic rings. The van der Waals surface area contributed by atoms with Crippen LogP contribution in [-0.2, 0) is 25.0 Å². The highest BCUT2D eigenvalue weighted by molar-refractivity contribution is 7.80. The summed E-state index contributed by atoms with van der Waals surface area (Å²) >= 11 is 0. The van der Waals surface area contributed by atoms with E-state index in [9.17, 15) is 8.42 Å². The lowest BCUT2D eigenvalue weighted by atomic mass is 10.4. The minimum Gasteiger partial charge on any atom is -0.329 e. The molecular formula is C9H26NO8S2+. The van der Waals surface area contributed by atoms with E-state index in [1.54, 1.807) is 0 Å². The first-order chi connectivity index (χ1) is 8.68. The highest BCUT2D eigenvalue weighted by Crippen LogP contribution is 1.96. The molecule has 0 amide bonds. The summed E-state index contributed by atoms with van der Waals surface area (Å²) in [5, 5.41) is 0. The molecule has 0 spiro atoms. The van der Waals surface area contributed by atoms with Gasteiger partial charge in [0.25, 0.3) is 0 Å². The van der Waals surface area contributed by atoms with Gasteiger partial charge < -0.3 is 4.48 Å². The Bertz CT molecular complexity index is 407. The van der Waals surface area contributed by atoms with Crippen LogP contribution in [0.3, 0.4) is 0 Å². The average Bonchev–Trinajstić information content (AvgIpc) is 2.14. The highest BCUT2D eigenvalue weighted by Gasteiger charge is 2.07. The van der Waals surface area contributed by atoms with Gasteiger partial charge in [-0.3, -0.25) is 13.7 Å². The maximum atomic E-state index is 9.56. The van der Waals surface area contributed by atoms with Crippen molar-refractivity contribution in [3.63, 3.8) is 0 Å². The van der Waals surface area contributed by atoms with Crippen molar-refractivity contribution >= 4 is 20.8 Å². The van der Waals surface area contributed by atoms with Crippen LogP contribution in [0.25, 0.3) is 0 Å². The van der Waals surface area contributed by atoms with E-state index in [1.807, 2.05) is 0 Å². The maximum absolute atomic E-state index is 9.56. The molecule has 0 rings (SSSR count). The van der Waals surface area contributed by atoms with Gasteiger partial charge in [0, 0.05) is 0 Å². The largest absolute Gasteiger partial charge is 0.397 e. The minimum absolute atomic E-state index is 0.0289. The first-order valence-electron chi connectivity index (χ1n) is 5.82. The van der Waals surface area contributed by atoms with Crippen molar-refractivity contribution < 1.29 is 39.2 Å². The van der Waals surface area contributed by atoms with Gasteiger partial charge in [-0.15, -0.1) is 0 Å². The second-order valence-corrected chi connectivity index (χ2v) is 6.24. The summed E-state index contributed by atoms with van der Waals surface area (Å²) in [6, 6.07) is 0. The summed E-state index contributed by atoms with van der Waals surface area (Å²) in [5.41, 5.74) is 0. The van der Waals surface area contributed by atoms with Crippen molar-refractivity contribution in [2.75, 3.05) is 33.8 Å². The quantitative estimate of drug-likeness (QED) is 0.490. The first-order valence-corrected chi connectivity index (χ1v) is 8.58. The molecule has 0 fully saturated rings. The highest BCUT2D eigenvalue weighted by atomic mass is 32.3. The number of nitrogens with zero attached hydrogens (tertiary/aromatic N) is 1. The third-order valence-electron chi connectivity index (χ3n) is 1.95. The van der Waals surface area contributed by atoms with Crippen molar-refractivity contribution in [1.82, 2.24) is 0 Å². The average molecular weight is 340 g/mol. The zero-order valence-corrected chi connectivity index (χ0v) is 14.1. The molecule has 0 saturated carbocycles. The van der Waals surface area contributed by atoms with Gasteiger partial charge in [-0.05, 0) is 20.3 Å². The van der Waals surface area contributed by atoms with Crippen molar-refractivity contribution in [3.8, 4) is 0 Å². The van der Waals surface area contributed by atoms with Gasteiger partial charge in [0.05, 0.1) is 33.8 Å². The van der Waals surface area contributed by atoms with Gasteiger partial charge in [-0.25, -0.2) is 4.18 Å². The Labute approximate surface area is 121 Å². The van der Waals surface area contributed by atoms with Crippen molar-refractivity contribution in [2.24, 2.45) is 0 Å². The molecule has 0 aliphatic heterocycles. The molecule has 126 valence electrons. The third kappa shape index (κ3) is 43.1. The third-order valence-corrected chi connectivity index (χ3v) is 2.49. The predicted molar refractivity (Wildman–Crippen MR) is 75.2 cm³/mol. The van der Waals surface area contributed by atoms with E-state index in [4.69, 9.17) is 22.1 Å². The fourth-order valence-electron chi connectivity index (χ4n) is 0.912. The van der Waals surface area contributed by atoms with Gasteiger partial charge in [-0.2, -0.15) is 16.8 Å². The van der Waals surface area contributed by atoms with Crippen molar-refractivity contribution in [2.45, 2.75) is 27.2 Å². The number of quaternary nitrogens is 1. The Balaban J connectivity index is -0.000000223. The molecule has 0 atom stereocenters. The first kappa shape index (κ1) is 24.7. The molecule has 0 aromatic rings. The van der Waals surface area contributed by atoms with Crippen LogP contribution >= 0.6 is 0 Å². The van der Waals surface area contributed by atoms with Crippen LogP contribution in [0.4, 0.5) is 0 Å². The molecule has 3 N–H and O–H groups in total. The van der Waals surface area contributed by atoms with Gasteiger partial charge in [0.1, 0.15) is 0 Å². The van der Waals surface area contributed by atoms with Crippen LogP contribution in [-0.4, -0.2) is 68.8 Å². The van der Waals surface area contributed by atoms with Crippen LogP contribution < -0.4 is 0 Å². The number of hydrogen-bond donors (Lipinski definition) is 3. The van der Waals surface area contributed by atoms with Crippen LogP contribution in [0.5, 0.6) is 0 Å². The molecule has 0 aromatic carbocycles.